The topological polar surface area (TPSA) is 70.9 Å². The summed E-state index contributed by atoms with van der Waals surface area (Å²) in [6, 6.07) is 6.54. The summed E-state index contributed by atoms with van der Waals surface area (Å²) in [6.45, 7) is 4.75. The zero-order valence-electron chi connectivity index (χ0n) is 15.8. The Morgan fingerprint density at radius 3 is 2.44 bits per heavy atom. The number of quaternary nitrogens is 1. The quantitative estimate of drug-likeness (QED) is 0.752. The van der Waals surface area contributed by atoms with Crippen LogP contribution < -0.4 is 10.2 Å². The summed E-state index contributed by atoms with van der Waals surface area (Å²) in [5.74, 6) is 0.622. The molecule has 2 fully saturated rings. The Bertz CT molecular complexity index is 746. The van der Waals surface area contributed by atoms with E-state index in [2.05, 4.69) is 12.2 Å². The molecule has 2 atom stereocenters. The summed E-state index contributed by atoms with van der Waals surface area (Å²) in [4.78, 5) is 13.8. The van der Waals surface area contributed by atoms with Gasteiger partial charge < -0.3 is 10.2 Å². The lowest BCUT2D eigenvalue weighted by atomic mass is 9.86. The lowest BCUT2D eigenvalue weighted by Crippen LogP contribution is -3.15. The van der Waals surface area contributed by atoms with Crippen molar-refractivity contribution in [1.82, 2.24) is 9.62 Å². The van der Waals surface area contributed by atoms with Crippen LogP contribution in [0.15, 0.2) is 29.2 Å². The van der Waals surface area contributed by atoms with Crippen LogP contribution >= 0.6 is 11.6 Å². The van der Waals surface area contributed by atoms with Gasteiger partial charge in [-0.1, -0.05) is 31.4 Å². The number of rotatable bonds is 5. The van der Waals surface area contributed by atoms with Crippen molar-refractivity contribution < 1.29 is 18.1 Å². The maximum absolute atomic E-state index is 12.7. The smallest absolute Gasteiger partial charge is 0.275 e. The molecule has 2 aliphatic rings. The van der Waals surface area contributed by atoms with Gasteiger partial charge >= 0.3 is 0 Å². The Balaban J connectivity index is 1.49. The van der Waals surface area contributed by atoms with Gasteiger partial charge in [-0.2, -0.15) is 4.31 Å². The van der Waals surface area contributed by atoms with Crippen molar-refractivity contribution in [3.8, 4) is 0 Å². The minimum absolute atomic E-state index is 0.0813. The normalized spacial score (nSPS) is 25.3. The molecule has 150 valence electrons. The van der Waals surface area contributed by atoms with Gasteiger partial charge in [0.15, 0.2) is 6.54 Å². The predicted molar refractivity (Wildman–Crippen MR) is 105 cm³/mol. The molecule has 0 bridgehead atoms. The largest absolute Gasteiger partial charge is 0.348 e. The molecule has 0 radical (unpaired) electrons. The van der Waals surface area contributed by atoms with Crippen LogP contribution in [0.5, 0.6) is 0 Å². The lowest BCUT2D eigenvalue weighted by Gasteiger charge is -2.33. The highest BCUT2D eigenvalue weighted by atomic mass is 35.5. The van der Waals surface area contributed by atoms with Crippen LogP contribution in [0.3, 0.4) is 0 Å². The fourth-order valence-electron chi connectivity index (χ4n) is 3.99. The molecular weight excluding hydrogens is 386 g/mol. The molecule has 0 spiro atoms. The fraction of sp³-hybridized carbons (Fsp3) is 0.632. The van der Waals surface area contributed by atoms with Crippen LogP contribution in [0.4, 0.5) is 0 Å². The van der Waals surface area contributed by atoms with Gasteiger partial charge in [-0.15, -0.1) is 0 Å². The van der Waals surface area contributed by atoms with Gasteiger partial charge in [0.2, 0.25) is 10.0 Å². The number of halogens is 1. The molecule has 3 rings (SSSR count). The number of hydrogen-bond acceptors (Lipinski definition) is 3. The third-order valence-electron chi connectivity index (χ3n) is 5.75. The zero-order valence-corrected chi connectivity index (χ0v) is 17.4. The Labute approximate surface area is 166 Å². The Hall–Kier alpha value is -1.15. The molecule has 6 nitrogen and oxygen atoms in total. The van der Waals surface area contributed by atoms with Crippen molar-refractivity contribution in [2.75, 3.05) is 32.7 Å². The molecule has 8 heteroatoms. The van der Waals surface area contributed by atoms with Crippen LogP contribution in [-0.2, 0) is 14.8 Å². The number of hydrogen-bond donors (Lipinski definition) is 2. The molecule has 1 aliphatic carbocycles. The van der Waals surface area contributed by atoms with E-state index >= 15 is 0 Å². The van der Waals surface area contributed by atoms with E-state index in [1.54, 1.807) is 12.1 Å². The molecule has 2 N–H and O–H groups in total. The van der Waals surface area contributed by atoms with Gasteiger partial charge in [-0.25, -0.2) is 8.42 Å². The number of nitrogens with zero attached hydrogens (tertiary/aromatic N) is 1. The average molecular weight is 415 g/mol. The Morgan fingerprint density at radius 2 is 1.81 bits per heavy atom. The number of piperazine rings is 1. The van der Waals surface area contributed by atoms with Crippen LogP contribution in [0.1, 0.15) is 32.6 Å². The van der Waals surface area contributed by atoms with Crippen LogP contribution in [0.2, 0.25) is 5.02 Å². The van der Waals surface area contributed by atoms with E-state index in [0.717, 1.165) is 11.3 Å². The van der Waals surface area contributed by atoms with Crippen molar-refractivity contribution in [2.24, 2.45) is 5.92 Å². The number of sulfonamides is 1. The molecule has 1 amide bonds. The summed E-state index contributed by atoms with van der Waals surface area (Å²) in [5, 5.41) is 3.70. The van der Waals surface area contributed by atoms with Crippen molar-refractivity contribution in [1.29, 1.82) is 0 Å². The van der Waals surface area contributed by atoms with E-state index in [1.807, 2.05) is 0 Å². The van der Waals surface area contributed by atoms with Gasteiger partial charge in [0, 0.05) is 11.1 Å². The molecule has 1 heterocycles. The number of benzene rings is 1. The maximum atomic E-state index is 12.7. The Morgan fingerprint density at radius 1 is 1.19 bits per heavy atom. The first-order valence-corrected chi connectivity index (χ1v) is 11.6. The second-order valence-corrected chi connectivity index (χ2v) is 10.1. The minimum atomic E-state index is -3.50. The van der Waals surface area contributed by atoms with E-state index in [1.165, 1.54) is 35.7 Å². The molecule has 0 unspecified atom stereocenters. The highest BCUT2D eigenvalue weighted by molar-refractivity contribution is 7.89. The molecule has 27 heavy (non-hydrogen) atoms. The summed E-state index contributed by atoms with van der Waals surface area (Å²) in [6.07, 6.45) is 4.68. The first-order valence-electron chi connectivity index (χ1n) is 9.75. The van der Waals surface area contributed by atoms with Crippen molar-refractivity contribution in [2.45, 2.75) is 43.5 Å². The standard InChI is InChI=1S/C19H28ClN3O3S/c1-15-4-2-3-5-18(15)21-19(24)14-22-10-12-23(13-11-22)27(25,26)17-8-6-16(20)7-9-17/h6-9,15,18H,2-5,10-14H2,1H3,(H,21,24)/p+1/t15-,18-/m0/s1. The minimum Gasteiger partial charge on any atom is -0.348 e. The maximum Gasteiger partial charge on any atom is 0.275 e. The first-order chi connectivity index (χ1) is 12.9. The van der Waals surface area contributed by atoms with E-state index in [4.69, 9.17) is 11.6 Å². The highest BCUT2D eigenvalue weighted by Crippen LogP contribution is 2.23. The van der Waals surface area contributed by atoms with Crippen LogP contribution in [-0.4, -0.2) is 57.4 Å². The first kappa shape index (κ1) is 20.6. The van der Waals surface area contributed by atoms with Crippen molar-refractivity contribution in [3.63, 3.8) is 0 Å². The highest BCUT2D eigenvalue weighted by Gasteiger charge is 2.31. The van der Waals surface area contributed by atoms with Crippen LogP contribution in [0, 0.1) is 5.92 Å². The third kappa shape index (κ3) is 5.22. The van der Waals surface area contributed by atoms with Crippen molar-refractivity contribution in [3.05, 3.63) is 29.3 Å². The number of carbonyl (C=O) groups excluding carboxylic acids is 1. The molecular formula is C19H29ClN3O3S+. The predicted octanol–water partition coefficient (Wildman–Crippen LogP) is 0.924. The summed E-state index contributed by atoms with van der Waals surface area (Å²) in [5.41, 5.74) is 0. The van der Waals surface area contributed by atoms with E-state index < -0.39 is 10.0 Å². The average Bonchev–Trinajstić information content (AvgIpc) is 2.64. The van der Waals surface area contributed by atoms with Crippen molar-refractivity contribution >= 4 is 27.5 Å². The number of amides is 1. The monoisotopic (exact) mass is 414 g/mol. The second-order valence-electron chi connectivity index (χ2n) is 7.72. The van der Waals surface area contributed by atoms with E-state index in [9.17, 15) is 13.2 Å². The molecule has 1 aromatic rings. The number of nitrogens with one attached hydrogen (secondary N) is 2. The van der Waals surface area contributed by atoms with Gasteiger partial charge in [0.1, 0.15) is 0 Å². The van der Waals surface area contributed by atoms with Gasteiger partial charge in [-0.05, 0) is 43.0 Å². The second kappa shape index (κ2) is 8.90. The summed E-state index contributed by atoms with van der Waals surface area (Å²) < 4.78 is 26.9. The zero-order chi connectivity index (χ0) is 19.4. The molecule has 1 saturated carbocycles. The number of carbonyl (C=O) groups is 1. The van der Waals surface area contributed by atoms with Gasteiger partial charge in [0.25, 0.3) is 5.91 Å². The third-order valence-corrected chi connectivity index (χ3v) is 7.91. The van der Waals surface area contributed by atoms with Crippen LogP contribution in [0.25, 0.3) is 0 Å². The molecule has 1 saturated heterocycles. The molecule has 1 aliphatic heterocycles. The van der Waals surface area contributed by atoms with Gasteiger partial charge in [-0.3, -0.25) is 4.79 Å². The molecule has 0 aromatic heterocycles. The Kier molecular flexibility index (Phi) is 6.78. The summed E-state index contributed by atoms with van der Waals surface area (Å²) in [7, 11) is -3.50. The SMILES string of the molecule is C[C@H]1CCCC[C@@H]1NC(=O)C[NH+]1CCN(S(=O)(=O)c2ccc(Cl)cc2)CC1. The van der Waals surface area contributed by atoms with Gasteiger partial charge in [0.05, 0.1) is 31.1 Å². The lowest BCUT2D eigenvalue weighted by molar-refractivity contribution is -0.895. The summed E-state index contributed by atoms with van der Waals surface area (Å²) >= 11 is 5.84. The van der Waals surface area contributed by atoms with E-state index in [-0.39, 0.29) is 16.8 Å². The molecule has 1 aromatic carbocycles. The fourth-order valence-corrected chi connectivity index (χ4v) is 5.56. The van der Waals surface area contributed by atoms with E-state index in [0.29, 0.717) is 43.7 Å².